The first-order chi connectivity index (χ1) is 12.6. The molecule has 0 spiro atoms. The summed E-state index contributed by atoms with van der Waals surface area (Å²) in [5.74, 6) is 0.152. The van der Waals surface area contributed by atoms with Gasteiger partial charge in [0, 0.05) is 11.1 Å². The normalized spacial score (nSPS) is 13.9. The van der Waals surface area contributed by atoms with E-state index in [1.54, 1.807) is 13.8 Å². The van der Waals surface area contributed by atoms with E-state index in [1.165, 1.54) is 0 Å². The van der Waals surface area contributed by atoms with Crippen LogP contribution in [-0.2, 0) is 30.4 Å². The lowest BCUT2D eigenvalue weighted by Crippen LogP contribution is -2.09. The SMILES string of the molecule is C=C(C)C(=O)OCC1CO1.C=C(C)C(=O)OCc1ccccc1.CC(C)C. The highest BCUT2D eigenvalue weighted by Gasteiger charge is 2.24. The summed E-state index contributed by atoms with van der Waals surface area (Å²) in [7, 11) is 0. The highest BCUT2D eigenvalue weighted by molar-refractivity contribution is 5.87. The van der Waals surface area contributed by atoms with Gasteiger partial charge >= 0.3 is 11.9 Å². The molecule has 0 aromatic heterocycles. The summed E-state index contributed by atoms with van der Waals surface area (Å²) in [4.78, 5) is 21.7. The molecule has 1 fully saturated rings. The second kappa shape index (κ2) is 13.8. The second-order valence-electron chi connectivity index (χ2n) is 6.91. The molecule has 1 heterocycles. The average molecular weight is 376 g/mol. The minimum absolute atomic E-state index is 0.142. The fraction of sp³-hybridized carbons (Fsp3) is 0.455. The van der Waals surface area contributed by atoms with E-state index in [0.717, 1.165) is 11.5 Å². The standard InChI is InChI=1S/C11H12O2.C7H10O3.C4H10/c1-9(2)11(12)13-8-10-6-4-3-5-7-10;1-5(2)7(8)10-4-6-3-9-6;1-4(2)3/h3-7H,1,8H2,2H3;6H,1,3-4H2,2H3;4H,1-3H3. The lowest BCUT2D eigenvalue weighted by Gasteiger charge is -2.03. The van der Waals surface area contributed by atoms with Gasteiger partial charge in [-0.1, -0.05) is 64.3 Å². The molecular weight excluding hydrogens is 344 g/mol. The number of esters is 2. The fourth-order valence-corrected chi connectivity index (χ4v) is 1.30. The van der Waals surface area contributed by atoms with Crippen molar-refractivity contribution in [3.05, 3.63) is 60.2 Å². The Morgan fingerprint density at radius 2 is 1.48 bits per heavy atom. The van der Waals surface area contributed by atoms with Crippen LogP contribution in [0.1, 0.15) is 40.2 Å². The van der Waals surface area contributed by atoms with Crippen molar-refractivity contribution in [2.24, 2.45) is 5.92 Å². The van der Waals surface area contributed by atoms with Crippen LogP contribution in [0.2, 0.25) is 0 Å². The van der Waals surface area contributed by atoms with Crippen LogP contribution >= 0.6 is 0 Å². The van der Waals surface area contributed by atoms with E-state index in [4.69, 9.17) is 14.2 Å². The van der Waals surface area contributed by atoms with Gasteiger partial charge in [0.2, 0.25) is 0 Å². The van der Waals surface area contributed by atoms with Crippen molar-refractivity contribution < 1.29 is 23.8 Å². The number of hydrogen-bond donors (Lipinski definition) is 0. The number of rotatable bonds is 6. The molecule has 1 saturated heterocycles. The van der Waals surface area contributed by atoms with Crippen LogP contribution < -0.4 is 0 Å². The minimum atomic E-state index is -0.344. The molecule has 1 atom stereocenters. The summed E-state index contributed by atoms with van der Waals surface area (Å²) in [6, 6.07) is 9.55. The van der Waals surface area contributed by atoms with Crippen LogP contribution in [0, 0.1) is 5.92 Å². The van der Waals surface area contributed by atoms with Gasteiger partial charge in [-0.2, -0.15) is 0 Å². The number of hydrogen-bond acceptors (Lipinski definition) is 5. The molecule has 0 aliphatic carbocycles. The van der Waals surface area contributed by atoms with E-state index >= 15 is 0 Å². The summed E-state index contributed by atoms with van der Waals surface area (Å²) in [5, 5.41) is 0. The Balaban J connectivity index is 0.000000428. The van der Waals surface area contributed by atoms with Crippen LogP contribution in [0.25, 0.3) is 0 Å². The molecule has 1 aliphatic rings. The molecule has 0 amide bonds. The first kappa shape index (κ1) is 24.6. The Bertz CT molecular complexity index is 598. The highest BCUT2D eigenvalue weighted by atomic mass is 16.6. The van der Waals surface area contributed by atoms with Crippen molar-refractivity contribution in [1.82, 2.24) is 0 Å². The summed E-state index contributed by atoms with van der Waals surface area (Å²) in [5.41, 5.74) is 1.84. The van der Waals surface area contributed by atoms with Crippen LogP contribution in [0.5, 0.6) is 0 Å². The van der Waals surface area contributed by atoms with Crippen LogP contribution in [0.15, 0.2) is 54.6 Å². The smallest absolute Gasteiger partial charge is 0.333 e. The third-order valence-corrected chi connectivity index (χ3v) is 2.71. The van der Waals surface area contributed by atoms with Crippen molar-refractivity contribution >= 4 is 11.9 Å². The van der Waals surface area contributed by atoms with Gasteiger partial charge in [0.05, 0.1) is 6.61 Å². The highest BCUT2D eigenvalue weighted by Crippen LogP contribution is 2.09. The molecule has 0 radical (unpaired) electrons. The molecule has 1 unspecified atom stereocenters. The van der Waals surface area contributed by atoms with E-state index in [2.05, 4.69) is 33.9 Å². The first-order valence-electron chi connectivity index (χ1n) is 8.94. The Morgan fingerprint density at radius 3 is 1.89 bits per heavy atom. The molecular formula is C22H32O5. The van der Waals surface area contributed by atoms with E-state index in [0.29, 0.717) is 31.0 Å². The maximum absolute atomic E-state index is 11.0. The molecule has 1 aromatic carbocycles. The van der Waals surface area contributed by atoms with Gasteiger partial charge in [-0.05, 0) is 25.3 Å². The summed E-state index contributed by atoms with van der Waals surface area (Å²) in [6.07, 6.45) is 0.142. The molecule has 5 heteroatoms. The summed E-state index contributed by atoms with van der Waals surface area (Å²) < 4.78 is 14.5. The fourth-order valence-electron chi connectivity index (χ4n) is 1.30. The largest absolute Gasteiger partial charge is 0.459 e. The van der Waals surface area contributed by atoms with Crippen LogP contribution in [0.3, 0.4) is 0 Å². The average Bonchev–Trinajstić information content (AvgIpc) is 3.42. The zero-order valence-corrected chi connectivity index (χ0v) is 17.1. The number of benzene rings is 1. The number of carbonyl (C=O) groups excluding carboxylic acids is 2. The Morgan fingerprint density at radius 1 is 1.04 bits per heavy atom. The molecule has 1 aliphatic heterocycles. The van der Waals surface area contributed by atoms with E-state index in [9.17, 15) is 9.59 Å². The van der Waals surface area contributed by atoms with Crippen LogP contribution in [0.4, 0.5) is 0 Å². The van der Waals surface area contributed by atoms with E-state index in [1.807, 2.05) is 30.3 Å². The summed E-state index contributed by atoms with van der Waals surface area (Å²) >= 11 is 0. The van der Waals surface area contributed by atoms with Gasteiger partial charge in [0.1, 0.15) is 19.3 Å². The molecule has 27 heavy (non-hydrogen) atoms. The van der Waals surface area contributed by atoms with Gasteiger partial charge in [-0.25, -0.2) is 9.59 Å². The van der Waals surface area contributed by atoms with Gasteiger partial charge in [0.15, 0.2) is 0 Å². The van der Waals surface area contributed by atoms with Crippen molar-refractivity contribution in [3.8, 4) is 0 Å². The maximum Gasteiger partial charge on any atom is 0.333 e. The van der Waals surface area contributed by atoms with Crippen molar-refractivity contribution in [2.75, 3.05) is 13.2 Å². The quantitative estimate of drug-likeness (QED) is 0.416. The van der Waals surface area contributed by atoms with Crippen molar-refractivity contribution in [3.63, 3.8) is 0 Å². The number of carbonyl (C=O) groups is 2. The Labute approximate surface area is 163 Å². The Hall–Kier alpha value is -2.40. The third kappa shape index (κ3) is 15.6. The zero-order chi connectivity index (χ0) is 20.8. The van der Waals surface area contributed by atoms with Gasteiger partial charge in [-0.15, -0.1) is 0 Å². The van der Waals surface area contributed by atoms with Crippen LogP contribution in [-0.4, -0.2) is 31.3 Å². The predicted molar refractivity (Wildman–Crippen MR) is 107 cm³/mol. The minimum Gasteiger partial charge on any atom is -0.459 e. The van der Waals surface area contributed by atoms with E-state index < -0.39 is 0 Å². The predicted octanol–water partition coefficient (Wildman–Crippen LogP) is 4.47. The number of ether oxygens (including phenoxy) is 3. The lowest BCUT2D eigenvalue weighted by atomic mass is 10.2. The van der Waals surface area contributed by atoms with E-state index in [-0.39, 0.29) is 18.0 Å². The molecule has 2 rings (SSSR count). The van der Waals surface area contributed by atoms with Gasteiger partial charge < -0.3 is 14.2 Å². The zero-order valence-electron chi connectivity index (χ0n) is 17.1. The molecule has 1 aromatic rings. The van der Waals surface area contributed by atoms with Crippen molar-refractivity contribution in [1.29, 1.82) is 0 Å². The second-order valence-corrected chi connectivity index (χ2v) is 6.91. The molecule has 5 nitrogen and oxygen atoms in total. The molecule has 0 bridgehead atoms. The third-order valence-electron chi connectivity index (χ3n) is 2.71. The van der Waals surface area contributed by atoms with Gasteiger partial charge in [0.25, 0.3) is 0 Å². The lowest BCUT2D eigenvalue weighted by molar-refractivity contribution is -0.140. The molecule has 150 valence electrons. The monoisotopic (exact) mass is 376 g/mol. The summed E-state index contributed by atoms with van der Waals surface area (Å²) in [6.45, 7) is 18.1. The first-order valence-corrected chi connectivity index (χ1v) is 8.94. The Kier molecular flexibility index (Phi) is 12.5. The molecule has 0 saturated carbocycles. The van der Waals surface area contributed by atoms with Crippen molar-refractivity contribution in [2.45, 2.75) is 47.3 Å². The maximum atomic E-state index is 11.0. The topological polar surface area (TPSA) is 65.1 Å². The number of epoxide rings is 1. The molecule has 0 N–H and O–H groups in total. The van der Waals surface area contributed by atoms with Gasteiger partial charge in [-0.3, -0.25) is 0 Å².